The zero-order valence-electron chi connectivity index (χ0n) is 39.6. The minimum absolute atomic E-state index is 0.0169. The Bertz CT molecular complexity index is 2940. The smallest absolute Gasteiger partial charge is 0.150 e. The van der Waals surface area contributed by atoms with Crippen LogP contribution in [-0.2, 0) is 21.7 Å². The fourth-order valence-corrected chi connectivity index (χ4v) is 9.38. The molecule has 0 atom stereocenters. The van der Waals surface area contributed by atoms with Crippen LogP contribution in [0.2, 0.25) is 0 Å². The highest BCUT2D eigenvalue weighted by molar-refractivity contribution is 6.11. The molecule has 2 aromatic heterocycles. The Labute approximate surface area is 378 Å². The van der Waals surface area contributed by atoms with E-state index in [1.54, 1.807) is 0 Å². The van der Waals surface area contributed by atoms with Crippen LogP contribution in [0.15, 0.2) is 133 Å². The molecule has 322 valence electrons. The van der Waals surface area contributed by atoms with Crippen LogP contribution in [0.1, 0.15) is 126 Å². The predicted molar refractivity (Wildman–Crippen MR) is 272 cm³/mol. The molecule has 9 rings (SSSR count). The molecule has 0 radical (unpaired) electrons. The molecule has 0 N–H and O–H groups in total. The quantitative estimate of drug-likeness (QED) is 0.157. The molecular formula is C60H60N2O2. The summed E-state index contributed by atoms with van der Waals surface area (Å²) in [5, 5.41) is 4.94. The third-order valence-corrected chi connectivity index (χ3v) is 13.3. The van der Waals surface area contributed by atoms with Crippen LogP contribution in [-0.4, -0.2) is 21.7 Å². The number of hydrogen-bond acceptors (Lipinski definition) is 2. The Kier molecular flexibility index (Phi) is 10.1. The predicted octanol–water partition coefficient (Wildman–Crippen LogP) is 16.0. The first-order chi connectivity index (χ1) is 30.1. The molecule has 0 amide bonds. The number of carbonyl (C=O) groups excluding carboxylic acids is 2. The van der Waals surface area contributed by atoms with Crippen molar-refractivity contribution in [3.05, 3.63) is 167 Å². The maximum atomic E-state index is 12.9. The molecule has 0 unspecified atom stereocenters. The van der Waals surface area contributed by atoms with Gasteiger partial charge in [-0.1, -0.05) is 132 Å². The zero-order chi connectivity index (χ0) is 45.7. The van der Waals surface area contributed by atoms with Crippen molar-refractivity contribution in [1.82, 2.24) is 9.13 Å². The molecule has 0 spiro atoms. The van der Waals surface area contributed by atoms with Gasteiger partial charge in [-0.25, -0.2) is 0 Å². The van der Waals surface area contributed by atoms with Crippen LogP contribution in [0, 0.1) is 0 Å². The number of hydrogen-bond donors (Lipinski definition) is 0. The second-order valence-corrected chi connectivity index (χ2v) is 22.0. The lowest BCUT2D eigenvalue weighted by Crippen LogP contribution is -2.10. The molecule has 0 bridgehead atoms. The Morgan fingerprint density at radius 1 is 0.328 bits per heavy atom. The minimum atomic E-state index is 0.0169. The molecule has 7 aromatic carbocycles. The molecule has 0 saturated carbocycles. The van der Waals surface area contributed by atoms with Gasteiger partial charge >= 0.3 is 0 Å². The summed E-state index contributed by atoms with van der Waals surface area (Å²) < 4.78 is 4.67. The Morgan fingerprint density at radius 2 is 0.578 bits per heavy atom. The number of benzene rings is 7. The van der Waals surface area contributed by atoms with E-state index in [1.165, 1.54) is 43.8 Å². The second-order valence-electron chi connectivity index (χ2n) is 22.0. The molecule has 4 heteroatoms. The van der Waals surface area contributed by atoms with Gasteiger partial charge in [-0.15, -0.1) is 0 Å². The lowest BCUT2D eigenvalue weighted by atomic mass is 9.85. The normalized spacial score (nSPS) is 12.8. The molecule has 64 heavy (non-hydrogen) atoms. The monoisotopic (exact) mass is 840 g/mol. The lowest BCUT2D eigenvalue weighted by molar-refractivity contribution is 0.111. The number of fused-ring (bicyclic) bond motifs is 6. The summed E-state index contributed by atoms with van der Waals surface area (Å²) in [5.41, 5.74) is 16.2. The molecule has 0 aliphatic heterocycles. The summed E-state index contributed by atoms with van der Waals surface area (Å²) in [6.07, 6.45) is 1.80. The third kappa shape index (κ3) is 7.37. The van der Waals surface area contributed by atoms with Gasteiger partial charge in [-0.3, -0.25) is 9.59 Å². The van der Waals surface area contributed by atoms with Gasteiger partial charge in [0, 0.05) is 44.0 Å². The van der Waals surface area contributed by atoms with Gasteiger partial charge in [0.25, 0.3) is 0 Å². The zero-order valence-corrected chi connectivity index (χ0v) is 39.6. The third-order valence-electron chi connectivity index (χ3n) is 13.3. The van der Waals surface area contributed by atoms with E-state index in [-0.39, 0.29) is 21.7 Å². The molecule has 9 aromatic rings. The largest absolute Gasteiger partial charge is 0.309 e. The van der Waals surface area contributed by atoms with E-state index in [0.717, 1.165) is 68.3 Å². The van der Waals surface area contributed by atoms with Crippen molar-refractivity contribution in [2.45, 2.75) is 105 Å². The van der Waals surface area contributed by atoms with Crippen LogP contribution in [0.25, 0.3) is 77.2 Å². The van der Waals surface area contributed by atoms with E-state index < -0.39 is 0 Å². The molecular weight excluding hydrogens is 781 g/mol. The van der Waals surface area contributed by atoms with Gasteiger partial charge in [0.05, 0.1) is 22.1 Å². The molecule has 0 saturated heterocycles. The molecule has 2 heterocycles. The average Bonchev–Trinajstić information content (AvgIpc) is 3.76. The van der Waals surface area contributed by atoms with Gasteiger partial charge in [0.2, 0.25) is 0 Å². The van der Waals surface area contributed by atoms with Gasteiger partial charge in [0.15, 0.2) is 12.6 Å². The standard InChI is InChI=1S/C60H60N2O2/c1-57(2,3)41-17-25-53-49(31-41)50-32-42(58(4,5)6)18-26-54(50)61(53)45-21-13-37(14-22-45)47-29-40(36-64)48(30-39(47)35-63)38-15-23-46(24-16-38)62-55-27-19-43(59(7,8)9)33-51(55)52-34-44(60(10,11)12)20-28-56(52)62/h13-36H,1-12H3. The van der Waals surface area contributed by atoms with E-state index in [9.17, 15) is 9.59 Å². The number of aldehydes is 2. The van der Waals surface area contributed by atoms with Crippen molar-refractivity contribution < 1.29 is 9.59 Å². The summed E-state index contributed by atoms with van der Waals surface area (Å²) in [7, 11) is 0. The van der Waals surface area contributed by atoms with E-state index in [1.807, 2.05) is 12.1 Å². The van der Waals surface area contributed by atoms with Crippen molar-refractivity contribution in [2.75, 3.05) is 0 Å². The van der Waals surface area contributed by atoms with Gasteiger partial charge in [-0.2, -0.15) is 0 Å². The summed E-state index contributed by atoms with van der Waals surface area (Å²) >= 11 is 0. The van der Waals surface area contributed by atoms with Crippen LogP contribution in [0.3, 0.4) is 0 Å². The molecule has 0 aliphatic carbocycles. The first-order valence-electron chi connectivity index (χ1n) is 22.6. The summed E-state index contributed by atoms with van der Waals surface area (Å²) in [4.78, 5) is 25.7. The van der Waals surface area contributed by atoms with Crippen LogP contribution >= 0.6 is 0 Å². The highest BCUT2D eigenvalue weighted by Gasteiger charge is 2.23. The summed E-state index contributed by atoms with van der Waals surface area (Å²) in [6, 6.07) is 47.9. The number of rotatable bonds is 6. The number of carbonyl (C=O) groups is 2. The fraction of sp³-hybridized carbons (Fsp3) is 0.267. The lowest BCUT2D eigenvalue weighted by Gasteiger charge is -2.19. The van der Waals surface area contributed by atoms with Crippen LogP contribution in [0.5, 0.6) is 0 Å². The van der Waals surface area contributed by atoms with Crippen molar-refractivity contribution in [2.24, 2.45) is 0 Å². The van der Waals surface area contributed by atoms with Crippen molar-refractivity contribution in [3.63, 3.8) is 0 Å². The molecule has 4 nitrogen and oxygen atoms in total. The first-order valence-corrected chi connectivity index (χ1v) is 22.6. The van der Waals surface area contributed by atoms with Crippen molar-refractivity contribution in [1.29, 1.82) is 0 Å². The van der Waals surface area contributed by atoms with Gasteiger partial charge in [-0.05, 0) is 151 Å². The van der Waals surface area contributed by atoms with Crippen LogP contribution < -0.4 is 0 Å². The highest BCUT2D eigenvalue weighted by atomic mass is 16.1. The van der Waals surface area contributed by atoms with E-state index in [2.05, 4.69) is 214 Å². The van der Waals surface area contributed by atoms with Gasteiger partial charge in [0.1, 0.15) is 0 Å². The fourth-order valence-electron chi connectivity index (χ4n) is 9.38. The second kappa shape index (κ2) is 15.0. The average molecular weight is 841 g/mol. The Morgan fingerprint density at radius 3 is 0.797 bits per heavy atom. The minimum Gasteiger partial charge on any atom is -0.309 e. The maximum absolute atomic E-state index is 12.9. The Balaban J connectivity index is 1.10. The van der Waals surface area contributed by atoms with E-state index in [4.69, 9.17) is 0 Å². The van der Waals surface area contributed by atoms with Crippen molar-refractivity contribution >= 4 is 56.2 Å². The number of aromatic nitrogens is 2. The highest BCUT2D eigenvalue weighted by Crippen LogP contribution is 2.41. The maximum Gasteiger partial charge on any atom is 0.150 e. The van der Waals surface area contributed by atoms with Gasteiger partial charge < -0.3 is 9.13 Å². The topological polar surface area (TPSA) is 44.0 Å². The van der Waals surface area contributed by atoms with E-state index >= 15 is 0 Å². The van der Waals surface area contributed by atoms with Crippen LogP contribution in [0.4, 0.5) is 0 Å². The number of nitrogens with zero attached hydrogens (tertiary/aromatic N) is 2. The van der Waals surface area contributed by atoms with Crippen molar-refractivity contribution in [3.8, 4) is 33.6 Å². The SMILES string of the molecule is CC(C)(C)c1ccc2c(c1)c1cc(C(C)(C)C)ccc1n2-c1ccc(-c2cc(C=O)c(-c3ccc(-n4c5ccc(C(C)(C)C)cc5c5cc(C(C)(C)C)ccc54)cc3)cc2C=O)cc1. The first kappa shape index (κ1) is 42.8. The van der Waals surface area contributed by atoms with E-state index in [0.29, 0.717) is 11.1 Å². The molecule has 0 aliphatic rings. The summed E-state index contributed by atoms with van der Waals surface area (Å²) in [6.45, 7) is 27.1. The summed E-state index contributed by atoms with van der Waals surface area (Å²) in [5.74, 6) is 0. The Hall–Kier alpha value is -6.52. The molecule has 0 fully saturated rings.